The van der Waals surface area contributed by atoms with E-state index in [0.717, 1.165) is 12.8 Å². The molecule has 0 amide bonds. The Labute approximate surface area is 128 Å². The van der Waals surface area contributed by atoms with Gasteiger partial charge in [-0.1, -0.05) is 42.8 Å². The molecule has 0 aromatic heterocycles. The minimum absolute atomic E-state index is 1.13. The predicted octanol–water partition coefficient (Wildman–Crippen LogP) is 5.94. The summed E-state index contributed by atoms with van der Waals surface area (Å²) >= 11 is 0. The number of fused-ring (bicyclic) bond motifs is 1. The fraction of sp³-hybridized carbons (Fsp3) is 0.333. The van der Waals surface area contributed by atoms with Crippen LogP contribution in [0.25, 0.3) is 17.2 Å². The van der Waals surface area contributed by atoms with Gasteiger partial charge in [-0.2, -0.15) is 0 Å². The molecule has 0 fully saturated rings. The smallest absolute Gasteiger partial charge is 0.00551 e. The third kappa shape index (κ3) is 2.23. The van der Waals surface area contributed by atoms with Crippen LogP contribution in [0.4, 0.5) is 0 Å². The van der Waals surface area contributed by atoms with Crippen molar-refractivity contribution in [2.75, 3.05) is 0 Å². The van der Waals surface area contributed by atoms with Gasteiger partial charge in [0, 0.05) is 0 Å². The van der Waals surface area contributed by atoms with Gasteiger partial charge in [-0.25, -0.2) is 0 Å². The van der Waals surface area contributed by atoms with Crippen LogP contribution in [0.1, 0.15) is 46.7 Å². The zero-order valence-corrected chi connectivity index (χ0v) is 13.8. The number of hydrogen-bond acceptors (Lipinski definition) is 0. The van der Waals surface area contributed by atoms with Gasteiger partial charge in [-0.15, -0.1) is 0 Å². The average Bonchev–Trinajstić information content (AvgIpc) is 2.88. The van der Waals surface area contributed by atoms with Gasteiger partial charge in [-0.3, -0.25) is 0 Å². The third-order valence-corrected chi connectivity index (χ3v) is 4.98. The molecule has 0 saturated heterocycles. The standard InChI is InChI=1S/C21H24/c1-6-17-11-19-14(3)10-15(4)21(20(19)12-17)18-9-7-8-13(2)16(18)5/h7-10,12H,6,11H2,1-5H3. The van der Waals surface area contributed by atoms with Gasteiger partial charge >= 0.3 is 0 Å². The fourth-order valence-corrected chi connectivity index (χ4v) is 3.54. The summed E-state index contributed by atoms with van der Waals surface area (Å²) in [6.07, 6.45) is 4.72. The van der Waals surface area contributed by atoms with E-state index in [-0.39, 0.29) is 0 Å². The van der Waals surface area contributed by atoms with Crippen molar-refractivity contribution in [3.63, 3.8) is 0 Å². The summed E-state index contributed by atoms with van der Waals surface area (Å²) < 4.78 is 0. The molecule has 108 valence electrons. The number of aryl methyl sites for hydroxylation is 3. The summed E-state index contributed by atoms with van der Waals surface area (Å²) in [4.78, 5) is 0. The third-order valence-electron chi connectivity index (χ3n) is 4.98. The number of rotatable bonds is 2. The monoisotopic (exact) mass is 276 g/mol. The molecule has 1 aliphatic carbocycles. The Kier molecular flexibility index (Phi) is 3.49. The average molecular weight is 276 g/mol. The highest BCUT2D eigenvalue weighted by Crippen LogP contribution is 2.40. The van der Waals surface area contributed by atoms with Crippen LogP contribution >= 0.6 is 0 Å². The summed E-state index contributed by atoms with van der Waals surface area (Å²) in [5.41, 5.74) is 13.0. The lowest BCUT2D eigenvalue weighted by Gasteiger charge is -2.17. The molecular weight excluding hydrogens is 252 g/mol. The second kappa shape index (κ2) is 5.18. The van der Waals surface area contributed by atoms with Crippen LogP contribution in [0, 0.1) is 27.7 Å². The van der Waals surface area contributed by atoms with Crippen LogP contribution in [-0.2, 0) is 6.42 Å². The maximum atomic E-state index is 2.44. The lowest BCUT2D eigenvalue weighted by molar-refractivity contribution is 1.03. The first-order chi connectivity index (χ1) is 10.0. The molecule has 3 rings (SSSR count). The van der Waals surface area contributed by atoms with Crippen LogP contribution in [0.15, 0.2) is 29.8 Å². The van der Waals surface area contributed by atoms with E-state index in [1.165, 1.54) is 44.5 Å². The van der Waals surface area contributed by atoms with Gasteiger partial charge in [0.2, 0.25) is 0 Å². The number of allylic oxidation sites excluding steroid dienone is 1. The Bertz CT molecular complexity index is 745. The largest absolute Gasteiger partial charge is 0.0654 e. The van der Waals surface area contributed by atoms with Crippen molar-refractivity contribution in [3.05, 3.63) is 63.2 Å². The maximum absolute atomic E-state index is 2.44. The predicted molar refractivity (Wildman–Crippen MR) is 92.8 cm³/mol. The first kappa shape index (κ1) is 14.1. The Hall–Kier alpha value is -1.82. The summed E-state index contributed by atoms with van der Waals surface area (Å²) in [7, 11) is 0. The van der Waals surface area contributed by atoms with Crippen molar-refractivity contribution in [1.82, 2.24) is 0 Å². The topological polar surface area (TPSA) is 0 Å². The molecule has 0 spiro atoms. The summed E-state index contributed by atoms with van der Waals surface area (Å²) in [5.74, 6) is 0. The van der Waals surface area contributed by atoms with Crippen molar-refractivity contribution in [2.45, 2.75) is 47.5 Å². The van der Waals surface area contributed by atoms with Crippen LogP contribution in [0.2, 0.25) is 0 Å². The SMILES string of the molecule is CCC1=Cc2c(c(C)cc(C)c2-c2cccc(C)c2C)C1. The molecule has 0 bridgehead atoms. The summed E-state index contributed by atoms with van der Waals surface area (Å²) in [6.45, 7) is 11.2. The lowest BCUT2D eigenvalue weighted by Crippen LogP contribution is -1.97. The molecule has 0 unspecified atom stereocenters. The van der Waals surface area contributed by atoms with E-state index in [1.54, 1.807) is 5.57 Å². The molecule has 0 nitrogen and oxygen atoms in total. The maximum Gasteiger partial charge on any atom is -0.00551 e. The second-order valence-electron chi connectivity index (χ2n) is 6.36. The highest BCUT2D eigenvalue weighted by Gasteiger charge is 2.20. The fourth-order valence-electron chi connectivity index (χ4n) is 3.54. The van der Waals surface area contributed by atoms with E-state index in [2.05, 4.69) is 65.0 Å². The minimum atomic E-state index is 1.13. The highest BCUT2D eigenvalue weighted by atomic mass is 14.2. The molecule has 0 radical (unpaired) electrons. The molecule has 0 heteroatoms. The molecule has 21 heavy (non-hydrogen) atoms. The molecule has 0 N–H and O–H groups in total. The van der Waals surface area contributed by atoms with Gasteiger partial charge in [0.25, 0.3) is 0 Å². The van der Waals surface area contributed by atoms with Crippen LogP contribution in [0.5, 0.6) is 0 Å². The van der Waals surface area contributed by atoms with Crippen molar-refractivity contribution < 1.29 is 0 Å². The van der Waals surface area contributed by atoms with Gasteiger partial charge in [0.15, 0.2) is 0 Å². The van der Waals surface area contributed by atoms with Crippen molar-refractivity contribution in [2.24, 2.45) is 0 Å². The van der Waals surface area contributed by atoms with E-state index >= 15 is 0 Å². The van der Waals surface area contributed by atoms with E-state index in [9.17, 15) is 0 Å². The number of hydrogen-bond donors (Lipinski definition) is 0. The Morgan fingerprint density at radius 3 is 2.43 bits per heavy atom. The zero-order chi connectivity index (χ0) is 15.1. The molecule has 0 saturated carbocycles. The first-order valence-corrected chi connectivity index (χ1v) is 7.92. The second-order valence-corrected chi connectivity index (χ2v) is 6.36. The van der Waals surface area contributed by atoms with E-state index in [1.807, 2.05) is 0 Å². The zero-order valence-electron chi connectivity index (χ0n) is 13.8. The molecule has 0 atom stereocenters. The molecule has 2 aromatic carbocycles. The van der Waals surface area contributed by atoms with Crippen molar-refractivity contribution in [1.29, 1.82) is 0 Å². The minimum Gasteiger partial charge on any atom is -0.0654 e. The van der Waals surface area contributed by atoms with Gasteiger partial charge in [0.05, 0.1) is 0 Å². The van der Waals surface area contributed by atoms with Gasteiger partial charge < -0.3 is 0 Å². The van der Waals surface area contributed by atoms with E-state index in [4.69, 9.17) is 0 Å². The first-order valence-electron chi connectivity index (χ1n) is 7.92. The summed E-state index contributed by atoms with van der Waals surface area (Å²) in [6, 6.07) is 9.03. The molecular formula is C21H24. The molecule has 0 heterocycles. The van der Waals surface area contributed by atoms with E-state index < -0.39 is 0 Å². The van der Waals surface area contributed by atoms with Crippen LogP contribution < -0.4 is 0 Å². The van der Waals surface area contributed by atoms with Crippen LogP contribution in [-0.4, -0.2) is 0 Å². The van der Waals surface area contributed by atoms with Crippen molar-refractivity contribution >= 4 is 6.08 Å². The molecule has 0 aliphatic heterocycles. The Morgan fingerprint density at radius 2 is 1.71 bits per heavy atom. The summed E-state index contributed by atoms with van der Waals surface area (Å²) in [5, 5.41) is 0. The van der Waals surface area contributed by atoms with Crippen molar-refractivity contribution in [3.8, 4) is 11.1 Å². The van der Waals surface area contributed by atoms with Gasteiger partial charge in [0.1, 0.15) is 0 Å². The van der Waals surface area contributed by atoms with Gasteiger partial charge in [-0.05, 0) is 85.0 Å². The number of benzene rings is 2. The quantitative estimate of drug-likeness (QED) is 0.637. The normalized spacial score (nSPS) is 13.3. The highest BCUT2D eigenvalue weighted by molar-refractivity contribution is 5.85. The Morgan fingerprint density at radius 1 is 0.952 bits per heavy atom. The van der Waals surface area contributed by atoms with E-state index in [0.29, 0.717) is 0 Å². The lowest BCUT2D eigenvalue weighted by atomic mass is 9.87. The Balaban J connectivity index is 2.32. The molecule has 2 aromatic rings. The molecule has 1 aliphatic rings. The van der Waals surface area contributed by atoms with Crippen LogP contribution in [0.3, 0.4) is 0 Å².